The van der Waals surface area contributed by atoms with E-state index in [2.05, 4.69) is 20.6 Å². The van der Waals surface area contributed by atoms with Crippen LogP contribution in [0, 0.1) is 24.0 Å². The summed E-state index contributed by atoms with van der Waals surface area (Å²) in [5.41, 5.74) is 4.66. The molecule has 0 spiro atoms. The van der Waals surface area contributed by atoms with Gasteiger partial charge in [0.2, 0.25) is 17.7 Å². The van der Waals surface area contributed by atoms with E-state index >= 15 is 13.2 Å². The van der Waals surface area contributed by atoms with Gasteiger partial charge in [-0.25, -0.2) is 18.2 Å². The van der Waals surface area contributed by atoms with Gasteiger partial charge in [-0.05, 0) is 75.1 Å². The lowest BCUT2D eigenvalue weighted by Crippen LogP contribution is -2.58. The highest BCUT2D eigenvalue weighted by Crippen LogP contribution is 2.44. The molecule has 3 amide bonds. The number of nitrogens with zero attached hydrogens (tertiary/aromatic N) is 3. The van der Waals surface area contributed by atoms with Gasteiger partial charge in [0.25, 0.3) is 0 Å². The topological polar surface area (TPSA) is 158 Å². The molecule has 1 fully saturated rings. The molecule has 4 N–H and O–H groups in total. The number of hydrogen-bond donors (Lipinski definition) is 4. The Morgan fingerprint density at radius 3 is 2.33 bits per heavy atom. The highest BCUT2D eigenvalue weighted by molar-refractivity contribution is 7.13. The van der Waals surface area contributed by atoms with E-state index in [1.165, 1.54) is 18.7 Å². The van der Waals surface area contributed by atoms with Crippen molar-refractivity contribution >= 4 is 40.0 Å². The van der Waals surface area contributed by atoms with Gasteiger partial charge in [-0.3, -0.25) is 19.3 Å². The van der Waals surface area contributed by atoms with Crippen molar-refractivity contribution in [2.75, 3.05) is 46.1 Å². The molecule has 0 aliphatic carbocycles. The van der Waals surface area contributed by atoms with Crippen LogP contribution in [0.1, 0.15) is 94.9 Å². The number of aromatic nitrogens is 2. The minimum atomic E-state index is -1.61. The number of carbonyl (C=O) groups is 3. The van der Waals surface area contributed by atoms with Gasteiger partial charge in [-0.15, -0.1) is 11.3 Å². The SMILES string of the molecule is Cc1ncsc1-c1ccc(CNC(=O)[C@@H]2C[C@@H](O)CN2C(=O)C(NC(=O)COCCCCOCCOc2cc(F)c([C@@H]3c4[nH]c5ccccc5c4C[C@@H](C)N3CC(C)(C)F)c(F)c2)C(C)(C)C)cc1. The van der Waals surface area contributed by atoms with Crippen LogP contribution in [-0.4, -0.2) is 119 Å². The summed E-state index contributed by atoms with van der Waals surface area (Å²) >= 11 is 1.56. The van der Waals surface area contributed by atoms with Gasteiger partial charge >= 0.3 is 0 Å². The number of H-pyrrole nitrogens is 1. The van der Waals surface area contributed by atoms with E-state index in [1.54, 1.807) is 16.8 Å². The minimum Gasteiger partial charge on any atom is -0.491 e. The molecular formula is C52H65F3N6O7S. The summed E-state index contributed by atoms with van der Waals surface area (Å²) in [5.74, 6) is -2.91. The van der Waals surface area contributed by atoms with Crippen LogP contribution in [0.15, 0.2) is 66.2 Å². The van der Waals surface area contributed by atoms with Crippen LogP contribution >= 0.6 is 11.3 Å². The van der Waals surface area contributed by atoms with Gasteiger partial charge in [-0.2, -0.15) is 0 Å². The molecule has 5 aromatic rings. The molecule has 5 atom stereocenters. The second-order valence-corrected chi connectivity index (χ2v) is 20.7. The summed E-state index contributed by atoms with van der Waals surface area (Å²) < 4.78 is 64.2. The Hall–Kier alpha value is -5.33. The second kappa shape index (κ2) is 22.2. The number of amides is 3. The Bertz CT molecular complexity index is 2550. The standard InChI is InChI=1S/C52H65F3N6O7S/c1-31-22-38-37-12-8-9-13-41(37)58-45(38)46(61(31)29-52(6,7)55)44-39(53)24-36(25-40(44)54)68-21-20-66-18-10-11-19-67-28-43(63)59-48(51(3,4)5)50(65)60-27-35(62)23-42(60)49(64)56-26-33-14-16-34(17-15-33)47-32(2)57-30-69-47/h8-9,12-17,24-25,30-31,35,42,46,48,58,62H,10-11,18-23,26-29H2,1-7H3,(H,56,64)(H,59,63)/t31-,35-,42+,46-,48?/m1/s1. The zero-order chi connectivity index (χ0) is 49.6. The normalized spacial score (nSPS) is 19.1. The molecule has 0 radical (unpaired) electrons. The quantitative estimate of drug-likeness (QED) is 0.0568. The third kappa shape index (κ3) is 12.7. The molecule has 69 heavy (non-hydrogen) atoms. The van der Waals surface area contributed by atoms with Crippen LogP contribution in [0.25, 0.3) is 21.3 Å². The Morgan fingerprint density at radius 2 is 1.67 bits per heavy atom. The Balaban J connectivity index is 0.826. The van der Waals surface area contributed by atoms with Crippen molar-refractivity contribution in [3.8, 4) is 16.2 Å². The molecule has 2 aliphatic rings. The van der Waals surface area contributed by atoms with Crippen LogP contribution in [0.4, 0.5) is 13.2 Å². The molecule has 13 nitrogen and oxygen atoms in total. The fourth-order valence-electron chi connectivity index (χ4n) is 9.28. The first-order chi connectivity index (χ1) is 32.8. The molecule has 372 valence electrons. The average Bonchev–Trinajstić information content (AvgIpc) is 4.01. The van der Waals surface area contributed by atoms with E-state index in [1.807, 2.05) is 88.0 Å². The average molecular weight is 975 g/mol. The number of ether oxygens (including phenoxy) is 3. The number of aliphatic hydroxyl groups excluding tert-OH is 1. The van der Waals surface area contributed by atoms with Crippen molar-refractivity contribution in [2.45, 2.75) is 117 Å². The second-order valence-electron chi connectivity index (χ2n) is 19.9. The van der Waals surface area contributed by atoms with E-state index in [4.69, 9.17) is 14.2 Å². The summed E-state index contributed by atoms with van der Waals surface area (Å²) in [6, 6.07) is 14.9. The molecule has 17 heteroatoms. The van der Waals surface area contributed by atoms with E-state index in [0.717, 1.165) is 50.3 Å². The number of aliphatic hydroxyl groups is 1. The van der Waals surface area contributed by atoms with Gasteiger partial charge < -0.3 is 39.8 Å². The van der Waals surface area contributed by atoms with Gasteiger partial charge in [-0.1, -0.05) is 63.2 Å². The van der Waals surface area contributed by atoms with E-state index in [-0.39, 0.29) is 75.7 Å². The number of unbranched alkanes of at least 4 members (excludes halogenated alkanes) is 1. The summed E-state index contributed by atoms with van der Waals surface area (Å²) in [7, 11) is 0. The number of rotatable bonds is 20. The Morgan fingerprint density at radius 1 is 0.971 bits per heavy atom. The maximum atomic E-state index is 16.0. The third-order valence-electron chi connectivity index (χ3n) is 12.7. The summed E-state index contributed by atoms with van der Waals surface area (Å²) in [6.07, 6.45) is 0.962. The molecule has 3 aromatic carbocycles. The van der Waals surface area contributed by atoms with Crippen LogP contribution in [0.3, 0.4) is 0 Å². The van der Waals surface area contributed by atoms with Crippen molar-refractivity contribution in [1.82, 2.24) is 30.4 Å². The molecule has 0 saturated carbocycles. The van der Waals surface area contributed by atoms with Gasteiger partial charge in [0.15, 0.2) is 0 Å². The number of likely N-dealkylation sites (tertiary alicyclic amines) is 1. The lowest BCUT2D eigenvalue weighted by Gasteiger charge is -2.43. The first kappa shape index (κ1) is 51.5. The van der Waals surface area contributed by atoms with Gasteiger partial charge in [0.1, 0.15) is 48.4 Å². The number of nitrogens with one attached hydrogen (secondary N) is 3. The summed E-state index contributed by atoms with van der Waals surface area (Å²) in [6.45, 7) is 13.0. The molecular weight excluding hydrogens is 910 g/mol. The number of halogens is 3. The molecule has 2 aromatic heterocycles. The maximum Gasteiger partial charge on any atom is 0.246 e. The summed E-state index contributed by atoms with van der Waals surface area (Å²) in [4.78, 5) is 52.4. The number of benzene rings is 3. The first-order valence-corrected chi connectivity index (χ1v) is 24.5. The third-order valence-corrected chi connectivity index (χ3v) is 13.6. The fourth-order valence-corrected chi connectivity index (χ4v) is 10.1. The van der Waals surface area contributed by atoms with Crippen molar-refractivity contribution in [3.63, 3.8) is 0 Å². The number of para-hydroxylation sites is 1. The zero-order valence-electron chi connectivity index (χ0n) is 40.5. The van der Waals surface area contributed by atoms with Crippen LogP contribution in [-0.2, 0) is 36.8 Å². The number of β-amino-alcohol motifs (C(OH)–C–C–N with tert-alkyl or cyclic N) is 1. The predicted octanol–water partition coefficient (Wildman–Crippen LogP) is 7.96. The number of thiazole rings is 1. The highest BCUT2D eigenvalue weighted by atomic mass is 32.1. The van der Waals surface area contributed by atoms with Crippen molar-refractivity contribution < 1.29 is 46.9 Å². The van der Waals surface area contributed by atoms with Gasteiger partial charge in [0.05, 0.1) is 34.8 Å². The van der Waals surface area contributed by atoms with E-state index in [9.17, 15) is 19.5 Å². The molecule has 1 unspecified atom stereocenters. The minimum absolute atomic E-state index is 0.0112. The zero-order valence-corrected chi connectivity index (χ0v) is 41.3. The molecule has 4 heterocycles. The monoisotopic (exact) mass is 974 g/mol. The Labute approximate surface area is 406 Å². The number of carbonyl (C=O) groups excluding carboxylic acids is 3. The number of aromatic amines is 1. The van der Waals surface area contributed by atoms with Gasteiger partial charge in [0, 0.05) is 79.6 Å². The van der Waals surface area contributed by atoms with Crippen LogP contribution in [0.2, 0.25) is 0 Å². The largest absolute Gasteiger partial charge is 0.491 e. The lowest BCUT2D eigenvalue weighted by atomic mass is 9.85. The smallest absolute Gasteiger partial charge is 0.246 e. The lowest BCUT2D eigenvalue weighted by molar-refractivity contribution is -0.144. The predicted molar refractivity (Wildman–Crippen MR) is 260 cm³/mol. The maximum absolute atomic E-state index is 16.0. The summed E-state index contributed by atoms with van der Waals surface area (Å²) in [5, 5.41) is 17.3. The number of alkyl halides is 1. The Kier molecular flexibility index (Phi) is 16.6. The number of hydrogen-bond acceptors (Lipinski definition) is 10. The van der Waals surface area contributed by atoms with Crippen LogP contribution in [0.5, 0.6) is 5.75 Å². The van der Waals surface area contributed by atoms with E-state index < -0.39 is 58.8 Å². The number of aryl methyl sites for hydroxylation is 1. The van der Waals surface area contributed by atoms with Crippen molar-refractivity contribution in [3.05, 3.63) is 106 Å². The van der Waals surface area contributed by atoms with Crippen LogP contribution < -0.4 is 15.4 Å². The fraction of sp³-hybridized carbons (Fsp3) is 0.500. The molecule has 7 rings (SSSR count). The van der Waals surface area contributed by atoms with E-state index in [0.29, 0.717) is 31.6 Å². The highest BCUT2D eigenvalue weighted by Gasteiger charge is 2.45. The molecule has 1 saturated heterocycles. The van der Waals surface area contributed by atoms with Crippen molar-refractivity contribution in [2.24, 2.45) is 5.41 Å². The number of fused-ring (bicyclic) bond motifs is 3. The molecule has 2 aliphatic heterocycles. The van der Waals surface area contributed by atoms with Crippen molar-refractivity contribution in [1.29, 1.82) is 0 Å². The first-order valence-electron chi connectivity index (χ1n) is 23.7. The molecule has 0 bridgehead atoms.